The maximum absolute atomic E-state index is 12.5. The van der Waals surface area contributed by atoms with Crippen molar-refractivity contribution in [2.45, 2.75) is 43.1 Å². The lowest BCUT2D eigenvalue weighted by atomic mass is 9.71. The normalized spacial score (nSPS) is 24.6. The minimum Gasteiger partial charge on any atom is -0.433 e. The molecule has 1 spiro atoms. The van der Waals surface area contributed by atoms with E-state index >= 15 is 0 Å². The highest BCUT2D eigenvalue weighted by Gasteiger charge is 2.66. The number of aromatic nitrogens is 2. The second-order valence-electron chi connectivity index (χ2n) is 7.66. The lowest BCUT2D eigenvalue weighted by Gasteiger charge is -2.66. The molecule has 2 aromatic heterocycles. The molecule has 10 nitrogen and oxygen atoms in total. The number of guanidine groups is 1. The SMILES string of the molecule is CN1C(N)=N[C@](C)(c2nc(NC(=O)c3ccc(OC(F)F)cn3)cs2)C2(CCC2)S1(O)O. The zero-order chi connectivity index (χ0) is 23.3. The number of nitrogens with zero attached hydrogens (tertiary/aromatic N) is 4. The van der Waals surface area contributed by atoms with Gasteiger partial charge in [-0.05, 0) is 38.3 Å². The van der Waals surface area contributed by atoms with Crippen LogP contribution in [0.1, 0.15) is 41.7 Å². The van der Waals surface area contributed by atoms with Gasteiger partial charge in [-0.2, -0.15) is 8.78 Å². The van der Waals surface area contributed by atoms with E-state index < -0.39 is 33.6 Å². The number of hydrogen-bond acceptors (Lipinski definition) is 10. The van der Waals surface area contributed by atoms with Gasteiger partial charge in [0.1, 0.15) is 32.6 Å². The number of ether oxygens (including phenoxy) is 1. The van der Waals surface area contributed by atoms with Crippen molar-refractivity contribution >= 4 is 39.8 Å². The van der Waals surface area contributed by atoms with Gasteiger partial charge < -0.3 is 15.8 Å². The smallest absolute Gasteiger partial charge is 0.387 e. The van der Waals surface area contributed by atoms with Crippen LogP contribution >= 0.6 is 22.1 Å². The lowest BCUT2D eigenvalue weighted by Crippen LogP contribution is -2.64. The molecule has 0 radical (unpaired) electrons. The minimum absolute atomic E-state index is 0.00103. The summed E-state index contributed by atoms with van der Waals surface area (Å²) in [6.07, 6.45) is 2.94. The van der Waals surface area contributed by atoms with Crippen LogP contribution in [0.25, 0.3) is 0 Å². The number of alkyl halides is 2. The summed E-state index contributed by atoms with van der Waals surface area (Å²) in [6, 6.07) is 2.46. The Balaban J connectivity index is 1.58. The van der Waals surface area contributed by atoms with E-state index in [1.54, 1.807) is 12.3 Å². The zero-order valence-corrected chi connectivity index (χ0v) is 18.8. The van der Waals surface area contributed by atoms with Crippen LogP contribution < -0.4 is 15.8 Å². The molecule has 0 aromatic carbocycles. The highest BCUT2D eigenvalue weighted by molar-refractivity contribution is 8.24. The number of carbonyl (C=O) groups is 1. The Morgan fingerprint density at radius 2 is 2.12 bits per heavy atom. The Kier molecular flexibility index (Phi) is 5.51. The predicted molar refractivity (Wildman–Crippen MR) is 117 cm³/mol. The summed E-state index contributed by atoms with van der Waals surface area (Å²) in [5.41, 5.74) is 4.89. The van der Waals surface area contributed by atoms with Gasteiger partial charge in [-0.15, -0.1) is 22.1 Å². The fourth-order valence-corrected chi connectivity index (χ4v) is 7.34. The summed E-state index contributed by atoms with van der Waals surface area (Å²) in [5.74, 6) is -0.529. The number of halogens is 2. The van der Waals surface area contributed by atoms with E-state index in [1.807, 2.05) is 0 Å². The second-order valence-corrected chi connectivity index (χ2v) is 10.9. The van der Waals surface area contributed by atoms with Gasteiger partial charge in [0.05, 0.1) is 6.20 Å². The molecule has 1 amide bonds. The van der Waals surface area contributed by atoms with E-state index in [1.165, 1.54) is 34.8 Å². The third-order valence-corrected chi connectivity index (χ3v) is 9.83. The van der Waals surface area contributed by atoms with Crippen molar-refractivity contribution in [2.75, 3.05) is 12.4 Å². The van der Waals surface area contributed by atoms with Gasteiger partial charge in [0.2, 0.25) is 5.96 Å². The molecule has 0 unspecified atom stereocenters. The summed E-state index contributed by atoms with van der Waals surface area (Å²) in [5, 5.41) is 4.69. The molecule has 1 fully saturated rings. The number of hydrogen-bond donors (Lipinski definition) is 4. The Morgan fingerprint density at radius 3 is 2.69 bits per heavy atom. The van der Waals surface area contributed by atoms with Crippen LogP contribution in [-0.4, -0.2) is 53.7 Å². The fraction of sp³-hybridized carbons (Fsp3) is 0.444. The molecule has 14 heteroatoms. The van der Waals surface area contributed by atoms with Crippen LogP contribution in [0.4, 0.5) is 14.6 Å². The van der Waals surface area contributed by atoms with E-state index in [0.717, 1.165) is 12.6 Å². The number of carbonyl (C=O) groups excluding carboxylic acids is 1. The van der Waals surface area contributed by atoms with E-state index in [9.17, 15) is 22.7 Å². The van der Waals surface area contributed by atoms with Crippen LogP contribution in [0.3, 0.4) is 0 Å². The molecular formula is C18H22F2N6O4S2. The van der Waals surface area contributed by atoms with Gasteiger partial charge in [-0.1, -0.05) is 0 Å². The third-order valence-electron chi connectivity index (χ3n) is 5.97. The maximum Gasteiger partial charge on any atom is 0.387 e. The van der Waals surface area contributed by atoms with Gasteiger partial charge >= 0.3 is 6.61 Å². The van der Waals surface area contributed by atoms with Crippen LogP contribution in [0, 0.1) is 0 Å². The second kappa shape index (κ2) is 7.79. The molecule has 1 atom stereocenters. The summed E-state index contributed by atoms with van der Waals surface area (Å²) in [6.45, 7) is -1.21. The Bertz CT molecular complexity index is 1060. The van der Waals surface area contributed by atoms with Crippen molar-refractivity contribution in [3.05, 3.63) is 34.4 Å². The van der Waals surface area contributed by atoms with E-state index in [-0.39, 0.29) is 23.2 Å². The van der Waals surface area contributed by atoms with Gasteiger partial charge in [0.25, 0.3) is 5.91 Å². The zero-order valence-electron chi connectivity index (χ0n) is 17.2. The van der Waals surface area contributed by atoms with Crippen molar-refractivity contribution < 1.29 is 27.4 Å². The number of aliphatic imine (C=N–C) groups is 1. The standard InChI is InChI=1S/C18H22F2N6O4S2/c1-17(18(6-3-7-18)32(28,29)26(2)16(21)25-17)14-24-12(9-31-14)23-13(27)11-5-4-10(8-22-11)30-15(19)20/h4-5,8-9,15,28-29H,3,6-7H2,1-2H3,(H2,21,25)(H,23,27)/t17-/m1/s1. The van der Waals surface area contributed by atoms with Gasteiger partial charge in [0.15, 0.2) is 0 Å². The number of rotatable bonds is 5. The van der Waals surface area contributed by atoms with Gasteiger partial charge in [-0.25, -0.2) is 19.3 Å². The van der Waals surface area contributed by atoms with Crippen LogP contribution in [0.2, 0.25) is 0 Å². The summed E-state index contributed by atoms with van der Waals surface area (Å²) < 4.78 is 51.0. The van der Waals surface area contributed by atoms with Crippen LogP contribution in [0.5, 0.6) is 5.75 Å². The first-order valence-corrected chi connectivity index (χ1v) is 11.9. The highest BCUT2D eigenvalue weighted by atomic mass is 32.3. The largest absolute Gasteiger partial charge is 0.433 e. The fourth-order valence-electron chi connectivity index (χ4n) is 3.98. The number of anilines is 1. The maximum atomic E-state index is 12.5. The Hall–Kier alpha value is -2.55. The molecule has 1 aliphatic carbocycles. The molecule has 0 saturated heterocycles. The lowest BCUT2D eigenvalue weighted by molar-refractivity contribution is -0.0500. The van der Waals surface area contributed by atoms with E-state index in [2.05, 4.69) is 25.0 Å². The molecule has 4 rings (SSSR count). The van der Waals surface area contributed by atoms with Crippen molar-refractivity contribution in [3.8, 4) is 5.75 Å². The number of thiazole rings is 1. The molecule has 174 valence electrons. The summed E-state index contributed by atoms with van der Waals surface area (Å²) in [7, 11) is -1.75. The Labute approximate surface area is 188 Å². The predicted octanol–water partition coefficient (Wildman–Crippen LogP) is 3.46. The molecule has 2 aliphatic rings. The van der Waals surface area contributed by atoms with Crippen molar-refractivity contribution in [3.63, 3.8) is 0 Å². The molecular weight excluding hydrogens is 466 g/mol. The molecule has 5 N–H and O–H groups in total. The number of nitrogens with two attached hydrogens (primary N) is 1. The topological polar surface area (TPSA) is 146 Å². The first kappa shape index (κ1) is 22.6. The molecule has 1 saturated carbocycles. The molecule has 0 bridgehead atoms. The Morgan fingerprint density at radius 1 is 1.41 bits per heavy atom. The summed E-state index contributed by atoms with van der Waals surface area (Å²) in [4.78, 5) is 25.4. The van der Waals surface area contributed by atoms with Crippen molar-refractivity contribution in [1.29, 1.82) is 0 Å². The first-order valence-electron chi connectivity index (χ1n) is 9.55. The van der Waals surface area contributed by atoms with Gasteiger partial charge in [-0.3, -0.25) is 13.9 Å². The van der Waals surface area contributed by atoms with Crippen LogP contribution in [0.15, 0.2) is 28.7 Å². The summed E-state index contributed by atoms with van der Waals surface area (Å²) >= 11 is 1.22. The monoisotopic (exact) mass is 488 g/mol. The average Bonchev–Trinajstić information content (AvgIpc) is 3.14. The third kappa shape index (κ3) is 3.37. The van der Waals surface area contributed by atoms with E-state index in [0.29, 0.717) is 17.8 Å². The average molecular weight is 489 g/mol. The molecule has 2 aromatic rings. The van der Waals surface area contributed by atoms with Gasteiger partial charge in [0, 0.05) is 12.4 Å². The number of nitrogens with one attached hydrogen (secondary N) is 1. The van der Waals surface area contributed by atoms with Crippen molar-refractivity contribution in [1.82, 2.24) is 14.3 Å². The number of amides is 1. The quantitative estimate of drug-likeness (QED) is 0.500. The van der Waals surface area contributed by atoms with Crippen molar-refractivity contribution in [2.24, 2.45) is 10.7 Å². The highest BCUT2D eigenvalue weighted by Crippen LogP contribution is 2.72. The molecule has 32 heavy (non-hydrogen) atoms. The van der Waals surface area contributed by atoms with Crippen LogP contribution in [-0.2, 0) is 5.54 Å². The molecule has 1 aliphatic heterocycles. The number of pyridine rings is 1. The minimum atomic E-state index is -3.26. The van der Waals surface area contributed by atoms with E-state index in [4.69, 9.17) is 5.73 Å². The molecule has 3 heterocycles. The first-order chi connectivity index (χ1) is 15.0.